The first-order valence-electron chi connectivity index (χ1n) is 6.47. The van der Waals surface area contributed by atoms with Crippen molar-refractivity contribution in [2.45, 2.75) is 44.7 Å². The Bertz CT molecular complexity index is 416. The Morgan fingerprint density at radius 3 is 2.78 bits per heavy atom. The van der Waals surface area contributed by atoms with Crippen LogP contribution in [0, 0.1) is 5.82 Å². The number of carbonyl (C=O) groups is 1. The van der Waals surface area contributed by atoms with Gasteiger partial charge in [0, 0.05) is 6.04 Å². The maximum atomic E-state index is 13.1. The second kappa shape index (κ2) is 5.85. The Morgan fingerprint density at radius 1 is 1.39 bits per heavy atom. The lowest BCUT2D eigenvalue weighted by molar-refractivity contribution is 0.234. The van der Waals surface area contributed by atoms with E-state index in [1.54, 1.807) is 6.07 Å². The van der Waals surface area contributed by atoms with Gasteiger partial charge in [0.25, 0.3) is 0 Å². The molecule has 0 bridgehead atoms. The molecular weight excluding hydrogens is 231 g/mol. The second-order valence-corrected chi connectivity index (χ2v) is 4.88. The summed E-state index contributed by atoms with van der Waals surface area (Å²) < 4.78 is 13.1. The van der Waals surface area contributed by atoms with E-state index in [9.17, 15) is 9.18 Å². The zero-order valence-electron chi connectivity index (χ0n) is 10.6. The summed E-state index contributed by atoms with van der Waals surface area (Å²) in [5.41, 5.74) is 0.775. The summed E-state index contributed by atoms with van der Waals surface area (Å²) >= 11 is 0. The molecule has 98 valence electrons. The Morgan fingerprint density at radius 2 is 2.11 bits per heavy atom. The van der Waals surface area contributed by atoms with E-state index in [0.29, 0.717) is 6.04 Å². The molecule has 0 radical (unpaired) electrons. The molecule has 2 N–H and O–H groups in total. The van der Waals surface area contributed by atoms with Crippen molar-refractivity contribution >= 4 is 6.03 Å². The first kappa shape index (κ1) is 12.9. The van der Waals surface area contributed by atoms with Crippen LogP contribution in [-0.2, 0) is 0 Å². The zero-order chi connectivity index (χ0) is 13.0. The van der Waals surface area contributed by atoms with E-state index in [1.807, 2.05) is 13.0 Å². The van der Waals surface area contributed by atoms with E-state index in [0.717, 1.165) is 18.4 Å². The van der Waals surface area contributed by atoms with Gasteiger partial charge in [-0.05, 0) is 37.5 Å². The minimum atomic E-state index is -0.280. The number of hydrogen-bond donors (Lipinski definition) is 2. The average Bonchev–Trinajstić information content (AvgIpc) is 2.81. The smallest absolute Gasteiger partial charge is 0.315 e. The number of nitrogens with one attached hydrogen (secondary N) is 2. The van der Waals surface area contributed by atoms with E-state index in [1.165, 1.54) is 25.0 Å². The summed E-state index contributed by atoms with van der Waals surface area (Å²) in [6.07, 6.45) is 4.48. The van der Waals surface area contributed by atoms with Gasteiger partial charge in [-0.1, -0.05) is 25.0 Å². The van der Waals surface area contributed by atoms with Crippen molar-refractivity contribution in [3.8, 4) is 0 Å². The van der Waals surface area contributed by atoms with Gasteiger partial charge in [-0.2, -0.15) is 0 Å². The van der Waals surface area contributed by atoms with Gasteiger partial charge in [-0.15, -0.1) is 0 Å². The first-order chi connectivity index (χ1) is 8.65. The van der Waals surface area contributed by atoms with Gasteiger partial charge in [0.05, 0.1) is 6.04 Å². The van der Waals surface area contributed by atoms with Crippen molar-refractivity contribution in [2.75, 3.05) is 0 Å². The minimum Gasteiger partial charge on any atom is -0.335 e. The first-order valence-corrected chi connectivity index (χ1v) is 6.47. The molecule has 1 aliphatic carbocycles. The molecule has 2 rings (SSSR count). The lowest BCUT2D eigenvalue weighted by Gasteiger charge is -2.17. The topological polar surface area (TPSA) is 41.1 Å². The van der Waals surface area contributed by atoms with Crippen molar-refractivity contribution in [3.05, 3.63) is 35.6 Å². The van der Waals surface area contributed by atoms with Crippen molar-refractivity contribution in [1.82, 2.24) is 10.6 Å². The standard InChI is InChI=1S/C14H19FN2O/c1-10(11-5-4-6-12(15)9-11)16-14(18)17-13-7-2-3-8-13/h4-6,9-10,13H,2-3,7-8H2,1H3,(H2,16,17,18). The highest BCUT2D eigenvalue weighted by atomic mass is 19.1. The van der Waals surface area contributed by atoms with Gasteiger partial charge >= 0.3 is 6.03 Å². The third-order valence-electron chi connectivity index (χ3n) is 3.39. The normalized spacial score (nSPS) is 17.4. The number of rotatable bonds is 3. The van der Waals surface area contributed by atoms with E-state index < -0.39 is 0 Å². The summed E-state index contributed by atoms with van der Waals surface area (Å²) in [5.74, 6) is -0.280. The summed E-state index contributed by atoms with van der Waals surface area (Å²) in [6.45, 7) is 1.85. The molecule has 2 amide bonds. The molecule has 0 spiro atoms. The number of halogens is 1. The molecule has 0 saturated heterocycles. The van der Waals surface area contributed by atoms with Crippen LogP contribution >= 0.6 is 0 Å². The van der Waals surface area contributed by atoms with Gasteiger partial charge in [-0.25, -0.2) is 9.18 Å². The van der Waals surface area contributed by atoms with Crippen molar-refractivity contribution in [3.63, 3.8) is 0 Å². The molecule has 0 aromatic heterocycles. The molecule has 1 unspecified atom stereocenters. The molecular formula is C14H19FN2O. The molecule has 1 aromatic rings. The summed E-state index contributed by atoms with van der Waals surface area (Å²) in [6, 6.07) is 6.24. The summed E-state index contributed by atoms with van der Waals surface area (Å²) in [5, 5.41) is 5.78. The summed E-state index contributed by atoms with van der Waals surface area (Å²) in [7, 11) is 0. The third-order valence-corrected chi connectivity index (χ3v) is 3.39. The van der Waals surface area contributed by atoms with Gasteiger partial charge < -0.3 is 10.6 Å². The van der Waals surface area contributed by atoms with E-state index >= 15 is 0 Å². The number of benzene rings is 1. The van der Waals surface area contributed by atoms with Crippen LogP contribution in [0.5, 0.6) is 0 Å². The molecule has 3 nitrogen and oxygen atoms in total. The number of hydrogen-bond acceptors (Lipinski definition) is 1. The predicted molar refractivity (Wildman–Crippen MR) is 68.7 cm³/mol. The molecule has 18 heavy (non-hydrogen) atoms. The van der Waals surface area contributed by atoms with Gasteiger partial charge in [0.15, 0.2) is 0 Å². The van der Waals surface area contributed by atoms with Crippen molar-refractivity contribution in [2.24, 2.45) is 0 Å². The Kier molecular flexibility index (Phi) is 4.18. The molecule has 1 aliphatic rings. The predicted octanol–water partition coefficient (Wildman–Crippen LogP) is 3.13. The lowest BCUT2D eigenvalue weighted by Crippen LogP contribution is -2.41. The molecule has 1 saturated carbocycles. The second-order valence-electron chi connectivity index (χ2n) is 4.88. The SMILES string of the molecule is CC(NC(=O)NC1CCCC1)c1cccc(F)c1. The zero-order valence-corrected chi connectivity index (χ0v) is 10.6. The van der Waals surface area contributed by atoms with Crippen molar-refractivity contribution in [1.29, 1.82) is 0 Å². The van der Waals surface area contributed by atoms with Gasteiger partial charge in [-0.3, -0.25) is 0 Å². The largest absolute Gasteiger partial charge is 0.335 e. The maximum Gasteiger partial charge on any atom is 0.315 e. The number of amides is 2. The quantitative estimate of drug-likeness (QED) is 0.850. The van der Waals surface area contributed by atoms with Crippen LogP contribution < -0.4 is 10.6 Å². The Labute approximate surface area is 107 Å². The summed E-state index contributed by atoms with van der Waals surface area (Å²) in [4.78, 5) is 11.8. The number of urea groups is 1. The fourth-order valence-electron chi connectivity index (χ4n) is 2.35. The fraction of sp³-hybridized carbons (Fsp3) is 0.500. The van der Waals surface area contributed by atoms with Crippen LogP contribution in [-0.4, -0.2) is 12.1 Å². The van der Waals surface area contributed by atoms with Crippen LogP contribution in [0.1, 0.15) is 44.2 Å². The molecule has 0 heterocycles. The average molecular weight is 250 g/mol. The molecule has 0 aliphatic heterocycles. The molecule has 1 atom stereocenters. The lowest BCUT2D eigenvalue weighted by atomic mass is 10.1. The van der Waals surface area contributed by atoms with Crippen LogP contribution in [0.2, 0.25) is 0 Å². The third kappa shape index (κ3) is 3.45. The molecule has 1 aromatic carbocycles. The van der Waals surface area contributed by atoms with Crippen molar-refractivity contribution < 1.29 is 9.18 Å². The maximum absolute atomic E-state index is 13.1. The fourth-order valence-corrected chi connectivity index (χ4v) is 2.35. The van der Waals surface area contributed by atoms with Crippen LogP contribution in [0.15, 0.2) is 24.3 Å². The van der Waals surface area contributed by atoms with E-state index in [2.05, 4.69) is 10.6 Å². The highest BCUT2D eigenvalue weighted by Gasteiger charge is 2.18. The van der Waals surface area contributed by atoms with Crippen LogP contribution in [0.3, 0.4) is 0 Å². The molecule has 1 fully saturated rings. The monoisotopic (exact) mass is 250 g/mol. The molecule has 4 heteroatoms. The van der Waals surface area contributed by atoms with E-state index in [-0.39, 0.29) is 17.9 Å². The minimum absolute atomic E-state index is 0.168. The van der Waals surface area contributed by atoms with E-state index in [4.69, 9.17) is 0 Å². The Balaban J connectivity index is 1.86. The van der Waals surface area contributed by atoms with Gasteiger partial charge in [0.2, 0.25) is 0 Å². The number of carbonyl (C=O) groups excluding carboxylic acids is 1. The highest BCUT2D eigenvalue weighted by Crippen LogP contribution is 2.18. The Hall–Kier alpha value is -1.58. The van der Waals surface area contributed by atoms with Gasteiger partial charge in [0.1, 0.15) is 5.82 Å². The highest BCUT2D eigenvalue weighted by molar-refractivity contribution is 5.74. The van der Waals surface area contributed by atoms with Crippen LogP contribution in [0.4, 0.5) is 9.18 Å². The van der Waals surface area contributed by atoms with Crippen LogP contribution in [0.25, 0.3) is 0 Å².